The van der Waals surface area contributed by atoms with Gasteiger partial charge in [0.1, 0.15) is 11.9 Å². The van der Waals surface area contributed by atoms with Crippen LogP contribution < -0.4 is 10.3 Å². The monoisotopic (exact) mass is 402 g/mol. The van der Waals surface area contributed by atoms with Crippen molar-refractivity contribution in [3.8, 4) is 5.75 Å². The number of halogens is 1. The molecule has 130 valence electrons. The van der Waals surface area contributed by atoms with Gasteiger partial charge in [0, 0.05) is 27.8 Å². The Morgan fingerprint density at radius 2 is 1.84 bits per heavy atom. The minimum atomic E-state index is -0.0602. The van der Waals surface area contributed by atoms with E-state index in [4.69, 9.17) is 4.74 Å². The smallest absolute Gasteiger partial charge is 0.254 e. The van der Waals surface area contributed by atoms with E-state index in [9.17, 15) is 9.59 Å². The summed E-state index contributed by atoms with van der Waals surface area (Å²) >= 11 is 3.37. The largest absolute Gasteiger partial charge is 0.486 e. The number of aryl methyl sites for hydroxylation is 1. The lowest BCUT2D eigenvalue weighted by Crippen LogP contribution is -2.56. The molecule has 0 unspecified atom stereocenters. The molecular formula is C19H19BrN2O3. The van der Waals surface area contributed by atoms with E-state index in [2.05, 4.69) is 15.9 Å². The molecule has 1 amide bonds. The van der Waals surface area contributed by atoms with Crippen LogP contribution in [0.2, 0.25) is 0 Å². The molecule has 0 spiro atoms. The summed E-state index contributed by atoms with van der Waals surface area (Å²) in [6.45, 7) is 3.02. The van der Waals surface area contributed by atoms with Gasteiger partial charge in [-0.05, 0) is 50.1 Å². The number of hydrogen-bond acceptors (Lipinski definition) is 3. The molecule has 1 saturated carbocycles. The van der Waals surface area contributed by atoms with Crippen LogP contribution >= 0.6 is 15.9 Å². The molecule has 6 heteroatoms. The van der Waals surface area contributed by atoms with E-state index in [0.717, 1.165) is 23.0 Å². The first kappa shape index (κ1) is 16.4. The molecule has 0 atom stereocenters. The highest BCUT2D eigenvalue weighted by atomic mass is 79.9. The molecule has 1 aromatic heterocycles. The van der Waals surface area contributed by atoms with Gasteiger partial charge in [0.25, 0.3) is 11.5 Å². The van der Waals surface area contributed by atoms with Crippen molar-refractivity contribution in [3.63, 3.8) is 0 Å². The number of carbonyl (C=O) groups excluding carboxylic acids is 1. The summed E-state index contributed by atoms with van der Waals surface area (Å²) in [5.74, 6) is 0.604. The van der Waals surface area contributed by atoms with Crippen LogP contribution in [0.15, 0.2) is 45.7 Å². The lowest BCUT2D eigenvalue weighted by atomic mass is 10.1. The van der Waals surface area contributed by atoms with Gasteiger partial charge in [-0.1, -0.05) is 15.9 Å². The summed E-state index contributed by atoms with van der Waals surface area (Å²) in [6.07, 6.45) is 2.10. The third kappa shape index (κ3) is 3.35. The predicted octanol–water partition coefficient (Wildman–Crippen LogP) is 3.16. The number of hydrogen-bond donors (Lipinski definition) is 0. The van der Waals surface area contributed by atoms with Gasteiger partial charge in [-0.25, -0.2) is 0 Å². The number of pyridine rings is 1. The van der Waals surface area contributed by atoms with Crippen molar-refractivity contribution in [3.05, 3.63) is 62.5 Å². The van der Waals surface area contributed by atoms with Crippen molar-refractivity contribution in [2.75, 3.05) is 13.1 Å². The van der Waals surface area contributed by atoms with Crippen molar-refractivity contribution in [1.82, 2.24) is 9.47 Å². The standard InChI is InChI=1S/C19H19BrN2O3/c1-12-8-16(9-18(23)22(12)15-6-7-15)25-17-10-21(11-17)19(24)13-2-4-14(20)5-3-13/h2-5,8-9,15,17H,6-7,10-11H2,1H3. The molecule has 5 nitrogen and oxygen atoms in total. The molecule has 2 fully saturated rings. The zero-order valence-electron chi connectivity index (χ0n) is 13.9. The molecule has 2 heterocycles. The minimum absolute atomic E-state index is 0.000353. The van der Waals surface area contributed by atoms with Crippen molar-refractivity contribution >= 4 is 21.8 Å². The normalized spacial score (nSPS) is 17.3. The van der Waals surface area contributed by atoms with E-state index < -0.39 is 0 Å². The summed E-state index contributed by atoms with van der Waals surface area (Å²) in [7, 11) is 0. The van der Waals surface area contributed by atoms with Crippen LogP contribution in [0.1, 0.15) is 34.9 Å². The molecule has 4 rings (SSSR count). The fourth-order valence-corrected chi connectivity index (χ4v) is 3.46. The third-order valence-electron chi connectivity index (χ3n) is 4.68. The van der Waals surface area contributed by atoms with Gasteiger partial charge in [0.05, 0.1) is 13.1 Å². The molecule has 2 aromatic rings. The highest BCUT2D eigenvalue weighted by molar-refractivity contribution is 9.10. The van der Waals surface area contributed by atoms with Gasteiger partial charge in [-0.15, -0.1) is 0 Å². The lowest BCUT2D eigenvalue weighted by molar-refractivity contribution is 0.0176. The van der Waals surface area contributed by atoms with Gasteiger partial charge < -0.3 is 14.2 Å². The van der Waals surface area contributed by atoms with Crippen LogP contribution in [0.5, 0.6) is 5.75 Å². The Hall–Kier alpha value is -2.08. The van der Waals surface area contributed by atoms with E-state index in [1.54, 1.807) is 11.0 Å². The fraction of sp³-hybridized carbons (Fsp3) is 0.368. The Balaban J connectivity index is 1.37. The second-order valence-corrected chi connectivity index (χ2v) is 7.64. The first-order valence-electron chi connectivity index (χ1n) is 8.46. The Labute approximate surface area is 154 Å². The maximum Gasteiger partial charge on any atom is 0.254 e. The maximum atomic E-state index is 12.4. The number of aromatic nitrogens is 1. The highest BCUT2D eigenvalue weighted by Gasteiger charge is 2.33. The van der Waals surface area contributed by atoms with Gasteiger partial charge in [0.2, 0.25) is 0 Å². The number of ether oxygens (including phenoxy) is 1. The first-order valence-corrected chi connectivity index (χ1v) is 9.25. The van der Waals surface area contributed by atoms with E-state index in [0.29, 0.717) is 30.4 Å². The van der Waals surface area contributed by atoms with Gasteiger partial charge in [0.15, 0.2) is 0 Å². The van der Waals surface area contributed by atoms with Crippen LogP contribution in [-0.4, -0.2) is 34.6 Å². The van der Waals surface area contributed by atoms with Gasteiger partial charge in [-0.2, -0.15) is 0 Å². The number of benzene rings is 1. The topological polar surface area (TPSA) is 51.5 Å². The summed E-state index contributed by atoms with van der Waals surface area (Å²) in [5.41, 5.74) is 1.61. The molecule has 1 aliphatic carbocycles. The van der Waals surface area contributed by atoms with Crippen molar-refractivity contribution in [2.45, 2.75) is 31.9 Å². The van der Waals surface area contributed by atoms with Crippen molar-refractivity contribution < 1.29 is 9.53 Å². The second kappa shape index (κ2) is 6.33. The van der Waals surface area contributed by atoms with E-state index >= 15 is 0 Å². The molecule has 0 bridgehead atoms. The van der Waals surface area contributed by atoms with Gasteiger partial charge >= 0.3 is 0 Å². The molecule has 2 aliphatic rings. The summed E-state index contributed by atoms with van der Waals surface area (Å²) < 4.78 is 8.68. The maximum absolute atomic E-state index is 12.4. The lowest BCUT2D eigenvalue weighted by Gasteiger charge is -2.39. The van der Waals surface area contributed by atoms with Crippen molar-refractivity contribution in [2.24, 2.45) is 0 Å². The Bertz CT molecular complexity index is 865. The number of amides is 1. The predicted molar refractivity (Wildman–Crippen MR) is 98.2 cm³/mol. The fourth-order valence-electron chi connectivity index (χ4n) is 3.20. The van der Waals surface area contributed by atoms with Gasteiger partial charge in [-0.3, -0.25) is 9.59 Å². The Kier molecular flexibility index (Phi) is 4.15. The SMILES string of the molecule is Cc1cc(OC2CN(C(=O)c3ccc(Br)cc3)C2)cc(=O)n1C1CC1. The third-order valence-corrected chi connectivity index (χ3v) is 5.20. The van der Waals surface area contributed by atoms with Crippen LogP contribution in [-0.2, 0) is 0 Å². The number of rotatable bonds is 4. The second-order valence-electron chi connectivity index (χ2n) is 6.73. The van der Waals surface area contributed by atoms with Crippen LogP contribution in [0.3, 0.4) is 0 Å². The van der Waals surface area contributed by atoms with Crippen LogP contribution in [0.4, 0.5) is 0 Å². The number of likely N-dealkylation sites (tertiary alicyclic amines) is 1. The van der Waals surface area contributed by atoms with E-state index in [-0.39, 0.29) is 17.6 Å². The average molecular weight is 403 g/mol. The molecule has 25 heavy (non-hydrogen) atoms. The number of nitrogens with zero attached hydrogens (tertiary/aromatic N) is 2. The molecule has 1 saturated heterocycles. The zero-order chi connectivity index (χ0) is 17.6. The summed E-state index contributed by atoms with van der Waals surface area (Å²) in [5, 5.41) is 0. The number of carbonyl (C=O) groups is 1. The quantitative estimate of drug-likeness (QED) is 0.788. The molecule has 1 aromatic carbocycles. The summed E-state index contributed by atoms with van der Waals surface area (Å²) in [4.78, 5) is 26.4. The Morgan fingerprint density at radius 3 is 2.44 bits per heavy atom. The summed E-state index contributed by atoms with van der Waals surface area (Å²) in [6, 6.07) is 11.2. The molecule has 0 radical (unpaired) electrons. The minimum Gasteiger partial charge on any atom is -0.486 e. The molecular weight excluding hydrogens is 384 g/mol. The van der Waals surface area contributed by atoms with E-state index in [1.807, 2.05) is 41.8 Å². The average Bonchev–Trinajstić information content (AvgIpc) is 3.35. The van der Waals surface area contributed by atoms with Crippen LogP contribution in [0.25, 0.3) is 0 Å². The molecule has 1 aliphatic heterocycles. The van der Waals surface area contributed by atoms with E-state index in [1.165, 1.54) is 0 Å². The highest BCUT2D eigenvalue weighted by Crippen LogP contribution is 2.35. The molecule has 0 N–H and O–H groups in total. The van der Waals surface area contributed by atoms with Crippen LogP contribution in [0, 0.1) is 6.92 Å². The Morgan fingerprint density at radius 1 is 1.16 bits per heavy atom. The zero-order valence-corrected chi connectivity index (χ0v) is 15.5. The van der Waals surface area contributed by atoms with Crippen molar-refractivity contribution in [1.29, 1.82) is 0 Å². The first-order chi connectivity index (χ1) is 12.0.